The Kier molecular flexibility index (Phi) is 3.97. The molecule has 0 unspecified atom stereocenters. The van der Waals surface area contributed by atoms with Gasteiger partial charge in [-0.25, -0.2) is 14.8 Å². The van der Waals surface area contributed by atoms with E-state index < -0.39 is 5.97 Å². The number of hydrogen-bond donors (Lipinski definition) is 2. The molecule has 1 heterocycles. The second-order valence-corrected chi connectivity index (χ2v) is 4.18. The number of carboxylic acid groups (broad SMARTS) is 1. The van der Waals surface area contributed by atoms with Crippen LogP contribution in [0.25, 0.3) is 11.4 Å². The summed E-state index contributed by atoms with van der Waals surface area (Å²) in [5.74, 6) is -0.346. The number of nitrogens with one attached hydrogen (secondary N) is 1. The molecule has 0 bridgehead atoms. The van der Waals surface area contributed by atoms with Crippen LogP contribution in [0.15, 0.2) is 30.3 Å². The van der Waals surface area contributed by atoms with Gasteiger partial charge in [-0.05, 0) is 19.1 Å². The molecule has 2 rings (SSSR count). The summed E-state index contributed by atoms with van der Waals surface area (Å²) in [5.41, 5.74) is 0.535. The molecule has 0 saturated heterocycles. The Bertz CT molecular complexity index is 617. The maximum Gasteiger partial charge on any atom is 0.354 e. The Morgan fingerprint density at radius 3 is 2.74 bits per heavy atom. The van der Waals surface area contributed by atoms with Crippen molar-refractivity contribution in [3.63, 3.8) is 0 Å². The molecule has 0 aliphatic carbocycles. The molecule has 0 fully saturated rings. The number of hydrogen-bond acceptors (Lipinski definition) is 4. The fourth-order valence-corrected chi connectivity index (χ4v) is 1.81. The summed E-state index contributed by atoms with van der Waals surface area (Å²) in [6.07, 6.45) is 0. The van der Waals surface area contributed by atoms with E-state index in [-0.39, 0.29) is 5.69 Å². The number of carbonyl (C=O) groups is 1. The molecule has 0 amide bonds. The second-order valence-electron chi connectivity index (χ2n) is 3.78. The highest BCUT2D eigenvalue weighted by atomic mass is 35.5. The lowest BCUT2D eigenvalue weighted by molar-refractivity contribution is 0.0690. The number of aromatic carboxylic acids is 1. The van der Waals surface area contributed by atoms with Gasteiger partial charge in [0.1, 0.15) is 5.82 Å². The first-order chi connectivity index (χ1) is 9.11. The van der Waals surface area contributed by atoms with E-state index in [1.54, 1.807) is 24.3 Å². The van der Waals surface area contributed by atoms with E-state index >= 15 is 0 Å². The molecule has 0 aliphatic heterocycles. The molecule has 0 atom stereocenters. The molecule has 0 aliphatic rings. The summed E-state index contributed by atoms with van der Waals surface area (Å²) >= 11 is 6.07. The first kappa shape index (κ1) is 13.3. The van der Waals surface area contributed by atoms with Crippen LogP contribution in [-0.4, -0.2) is 27.6 Å². The first-order valence-electron chi connectivity index (χ1n) is 5.73. The SMILES string of the molecule is CCNc1cc(C(=O)O)nc(-c2ccccc2Cl)n1. The standard InChI is InChI=1S/C13H12ClN3O2/c1-2-15-11-7-10(13(18)19)16-12(17-11)8-5-3-4-6-9(8)14/h3-7H,2H2,1H3,(H,18,19)(H,15,16,17). The number of carboxylic acids is 1. The van der Waals surface area contributed by atoms with Crippen molar-refractivity contribution in [3.05, 3.63) is 41.0 Å². The lowest BCUT2D eigenvalue weighted by Crippen LogP contribution is -2.07. The quantitative estimate of drug-likeness (QED) is 0.899. The molecule has 19 heavy (non-hydrogen) atoms. The molecule has 98 valence electrons. The fourth-order valence-electron chi connectivity index (χ4n) is 1.59. The number of rotatable bonds is 4. The Labute approximate surface area is 115 Å². The van der Waals surface area contributed by atoms with Crippen molar-refractivity contribution >= 4 is 23.4 Å². The maximum atomic E-state index is 11.1. The minimum Gasteiger partial charge on any atom is -0.477 e. The molecule has 2 aromatic rings. The van der Waals surface area contributed by atoms with Crippen LogP contribution in [0.2, 0.25) is 5.02 Å². The topological polar surface area (TPSA) is 75.1 Å². The van der Waals surface area contributed by atoms with Gasteiger partial charge >= 0.3 is 5.97 Å². The summed E-state index contributed by atoms with van der Waals surface area (Å²) < 4.78 is 0. The van der Waals surface area contributed by atoms with Crippen LogP contribution in [0, 0.1) is 0 Å². The van der Waals surface area contributed by atoms with Gasteiger partial charge < -0.3 is 10.4 Å². The van der Waals surface area contributed by atoms with Crippen molar-refractivity contribution in [1.82, 2.24) is 9.97 Å². The largest absolute Gasteiger partial charge is 0.477 e. The monoisotopic (exact) mass is 277 g/mol. The zero-order valence-corrected chi connectivity index (χ0v) is 11.0. The van der Waals surface area contributed by atoms with Crippen LogP contribution >= 0.6 is 11.6 Å². The summed E-state index contributed by atoms with van der Waals surface area (Å²) in [7, 11) is 0. The van der Waals surface area contributed by atoms with E-state index in [9.17, 15) is 4.79 Å². The van der Waals surface area contributed by atoms with Crippen LogP contribution in [0.1, 0.15) is 17.4 Å². The van der Waals surface area contributed by atoms with Gasteiger partial charge in [0.25, 0.3) is 0 Å². The summed E-state index contributed by atoms with van der Waals surface area (Å²) in [4.78, 5) is 19.4. The predicted octanol–water partition coefficient (Wildman–Crippen LogP) is 2.93. The van der Waals surface area contributed by atoms with Gasteiger partial charge in [-0.2, -0.15) is 0 Å². The molecule has 1 aromatic carbocycles. The number of anilines is 1. The number of aromatic nitrogens is 2. The number of halogens is 1. The molecule has 6 heteroatoms. The molecule has 0 spiro atoms. The van der Waals surface area contributed by atoms with E-state index in [1.807, 2.05) is 6.92 Å². The first-order valence-corrected chi connectivity index (χ1v) is 6.10. The van der Waals surface area contributed by atoms with Crippen LogP contribution in [0.3, 0.4) is 0 Å². The van der Waals surface area contributed by atoms with Gasteiger partial charge in [0.15, 0.2) is 11.5 Å². The Morgan fingerprint density at radius 2 is 2.11 bits per heavy atom. The summed E-state index contributed by atoms with van der Waals surface area (Å²) in [6.45, 7) is 2.54. The average molecular weight is 278 g/mol. The molecule has 0 saturated carbocycles. The fraction of sp³-hybridized carbons (Fsp3) is 0.154. The normalized spacial score (nSPS) is 10.2. The Balaban J connectivity index is 2.56. The van der Waals surface area contributed by atoms with Crippen LogP contribution in [0.5, 0.6) is 0 Å². The third kappa shape index (κ3) is 3.00. The van der Waals surface area contributed by atoms with E-state index in [0.29, 0.717) is 28.8 Å². The molecular formula is C13H12ClN3O2. The van der Waals surface area contributed by atoms with E-state index in [0.717, 1.165) is 0 Å². The van der Waals surface area contributed by atoms with E-state index in [1.165, 1.54) is 6.07 Å². The minimum atomic E-state index is -1.10. The minimum absolute atomic E-state index is 0.0686. The molecule has 2 N–H and O–H groups in total. The highest BCUT2D eigenvalue weighted by Crippen LogP contribution is 2.25. The lowest BCUT2D eigenvalue weighted by Gasteiger charge is -2.08. The zero-order chi connectivity index (χ0) is 13.8. The molecule has 1 aromatic heterocycles. The number of nitrogens with zero attached hydrogens (tertiary/aromatic N) is 2. The van der Waals surface area contributed by atoms with Gasteiger partial charge in [0.05, 0.1) is 5.02 Å². The van der Waals surface area contributed by atoms with Crippen LogP contribution in [0.4, 0.5) is 5.82 Å². The van der Waals surface area contributed by atoms with Crippen molar-refractivity contribution in [1.29, 1.82) is 0 Å². The van der Waals surface area contributed by atoms with Crippen molar-refractivity contribution in [2.24, 2.45) is 0 Å². The lowest BCUT2D eigenvalue weighted by atomic mass is 10.2. The zero-order valence-electron chi connectivity index (χ0n) is 10.2. The smallest absolute Gasteiger partial charge is 0.354 e. The second kappa shape index (κ2) is 5.67. The van der Waals surface area contributed by atoms with Gasteiger partial charge in [-0.1, -0.05) is 23.7 Å². The van der Waals surface area contributed by atoms with E-state index in [2.05, 4.69) is 15.3 Å². The van der Waals surface area contributed by atoms with Crippen LogP contribution in [-0.2, 0) is 0 Å². The molecular weight excluding hydrogens is 266 g/mol. The molecule has 0 radical (unpaired) electrons. The average Bonchev–Trinajstić information content (AvgIpc) is 2.39. The van der Waals surface area contributed by atoms with Gasteiger partial charge in [-0.3, -0.25) is 0 Å². The van der Waals surface area contributed by atoms with Crippen molar-refractivity contribution in [2.75, 3.05) is 11.9 Å². The van der Waals surface area contributed by atoms with Crippen LogP contribution < -0.4 is 5.32 Å². The predicted molar refractivity (Wildman–Crippen MR) is 73.6 cm³/mol. The Hall–Kier alpha value is -2.14. The Morgan fingerprint density at radius 1 is 1.37 bits per heavy atom. The summed E-state index contributed by atoms with van der Waals surface area (Å²) in [5, 5.41) is 12.5. The highest BCUT2D eigenvalue weighted by Gasteiger charge is 2.13. The van der Waals surface area contributed by atoms with Crippen molar-refractivity contribution < 1.29 is 9.90 Å². The third-order valence-corrected chi connectivity index (χ3v) is 2.75. The van der Waals surface area contributed by atoms with Gasteiger partial charge in [0, 0.05) is 18.2 Å². The van der Waals surface area contributed by atoms with E-state index in [4.69, 9.17) is 16.7 Å². The maximum absolute atomic E-state index is 11.1. The number of benzene rings is 1. The summed E-state index contributed by atoms with van der Waals surface area (Å²) in [6, 6.07) is 8.44. The van der Waals surface area contributed by atoms with Crippen molar-refractivity contribution in [2.45, 2.75) is 6.92 Å². The highest BCUT2D eigenvalue weighted by molar-refractivity contribution is 6.33. The van der Waals surface area contributed by atoms with Gasteiger partial charge in [0.2, 0.25) is 0 Å². The van der Waals surface area contributed by atoms with Gasteiger partial charge in [-0.15, -0.1) is 0 Å². The third-order valence-electron chi connectivity index (χ3n) is 2.42. The van der Waals surface area contributed by atoms with Crippen molar-refractivity contribution in [3.8, 4) is 11.4 Å². The molecule has 5 nitrogen and oxygen atoms in total.